The van der Waals surface area contributed by atoms with Crippen molar-refractivity contribution in [3.8, 4) is 5.75 Å². The van der Waals surface area contributed by atoms with E-state index in [0.29, 0.717) is 5.02 Å². The Morgan fingerprint density at radius 1 is 0.862 bits per heavy atom. The molecule has 0 aliphatic carbocycles. The molecule has 5 aromatic rings. The molecule has 1 heterocycles. The van der Waals surface area contributed by atoms with Gasteiger partial charge in [-0.2, -0.15) is 0 Å². The molecule has 2 N–H and O–H groups in total. The predicted octanol–water partition coefficient (Wildman–Crippen LogP) is 7.62. The van der Waals surface area contributed by atoms with Gasteiger partial charge in [0.05, 0.1) is 0 Å². The van der Waals surface area contributed by atoms with Crippen LogP contribution in [0.25, 0.3) is 21.7 Å². The molecule has 0 spiro atoms. The van der Waals surface area contributed by atoms with Crippen molar-refractivity contribution in [3.05, 3.63) is 111 Å². The average molecular weight is 463 g/mol. The first-order valence-electron chi connectivity index (χ1n) is 9.34. The Morgan fingerprint density at radius 3 is 2.48 bits per heavy atom. The van der Waals surface area contributed by atoms with E-state index >= 15 is 0 Å². The summed E-state index contributed by atoms with van der Waals surface area (Å²) >= 11 is 9.72. The van der Waals surface area contributed by atoms with E-state index in [1.165, 1.54) is 0 Å². The van der Waals surface area contributed by atoms with E-state index in [4.69, 9.17) is 11.6 Å². The first kappa shape index (κ1) is 18.3. The van der Waals surface area contributed by atoms with Crippen LogP contribution in [0.3, 0.4) is 0 Å². The number of H-pyrrole nitrogens is 1. The van der Waals surface area contributed by atoms with E-state index in [1.54, 1.807) is 6.07 Å². The van der Waals surface area contributed by atoms with E-state index in [2.05, 4.69) is 45.2 Å². The van der Waals surface area contributed by atoms with Gasteiger partial charge in [0.15, 0.2) is 0 Å². The highest BCUT2D eigenvalue weighted by Crippen LogP contribution is 2.43. The fourth-order valence-corrected chi connectivity index (χ4v) is 4.61. The zero-order valence-electron chi connectivity index (χ0n) is 15.4. The number of aromatic amines is 1. The maximum absolute atomic E-state index is 11.0. The largest absolute Gasteiger partial charge is 0.508 e. The van der Waals surface area contributed by atoms with Crippen LogP contribution in [0.1, 0.15) is 22.6 Å². The van der Waals surface area contributed by atoms with Crippen LogP contribution in [0.4, 0.5) is 0 Å². The van der Waals surface area contributed by atoms with E-state index in [9.17, 15) is 5.11 Å². The molecule has 2 nitrogen and oxygen atoms in total. The van der Waals surface area contributed by atoms with Crippen molar-refractivity contribution >= 4 is 49.2 Å². The third-order valence-corrected chi connectivity index (χ3v) is 6.17. The van der Waals surface area contributed by atoms with Gasteiger partial charge >= 0.3 is 0 Å². The Morgan fingerprint density at radius 2 is 1.66 bits per heavy atom. The summed E-state index contributed by atoms with van der Waals surface area (Å²) in [5.41, 5.74) is 4.16. The van der Waals surface area contributed by atoms with Crippen molar-refractivity contribution in [2.45, 2.75) is 5.92 Å². The van der Waals surface area contributed by atoms with E-state index in [1.807, 2.05) is 54.7 Å². The lowest BCUT2D eigenvalue weighted by Crippen LogP contribution is -2.04. The summed E-state index contributed by atoms with van der Waals surface area (Å²) in [5.74, 6) is 0.137. The molecule has 29 heavy (non-hydrogen) atoms. The molecule has 0 fully saturated rings. The summed E-state index contributed by atoms with van der Waals surface area (Å²) in [6.45, 7) is 0. The van der Waals surface area contributed by atoms with Gasteiger partial charge in [0.1, 0.15) is 5.75 Å². The lowest BCUT2D eigenvalue weighted by atomic mass is 9.82. The highest BCUT2D eigenvalue weighted by atomic mass is 79.9. The monoisotopic (exact) mass is 461 g/mol. The number of halogens is 2. The van der Waals surface area contributed by atoms with E-state index in [0.717, 1.165) is 42.8 Å². The van der Waals surface area contributed by atoms with Gasteiger partial charge in [-0.05, 0) is 58.3 Å². The predicted molar refractivity (Wildman–Crippen MR) is 124 cm³/mol. The van der Waals surface area contributed by atoms with Crippen LogP contribution in [-0.4, -0.2) is 10.1 Å². The van der Waals surface area contributed by atoms with Gasteiger partial charge in [-0.1, -0.05) is 70.0 Å². The summed E-state index contributed by atoms with van der Waals surface area (Å²) in [7, 11) is 0. The topological polar surface area (TPSA) is 36.0 Å². The Labute approximate surface area is 181 Å². The van der Waals surface area contributed by atoms with Crippen LogP contribution in [0.5, 0.6) is 5.75 Å². The van der Waals surface area contributed by atoms with Crippen molar-refractivity contribution < 1.29 is 5.11 Å². The van der Waals surface area contributed by atoms with Crippen molar-refractivity contribution in [1.82, 2.24) is 4.98 Å². The SMILES string of the molecule is Oc1ccc2cc(Br)ccc2c1C(c1ccc(Cl)cc1)c1c[nH]c2ccccc12. The number of phenols is 1. The maximum Gasteiger partial charge on any atom is 0.120 e. The van der Waals surface area contributed by atoms with Crippen LogP contribution >= 0.6 is 27.5 Å². The lowest BCUT2D eigenvalue weighted by molar-refractivity contribution is 0.468. The van der Waals surface area contributed by atoms with Gasteiger partial charge in [0.2, 0.25) is 0 Å². The number of hydrogen-bond donors (Lipinski definition) is 2. The number of phenolic OH excluding ortho intramolecular Hbond substituents is 1. The second kappa shape index (κ2) is 7.25. The minimum absolute atomic E-state index is 0.145. The van der Waals surface area contributed by atoms with Crippen LogP contribution < -0.4 is 0 Å². The van der Waals surface area contributed by atoms with Gasteiger partial charge in [0, 0.05) is 38.1 Å². The normalized spacial score (nSPS) is 12.5. The molecule has 0 aliphatic rings. The molecular formula is C25H17BrClNO. The Hall–Kier alpha value is -2.75. The zero-order chi connectivity index (χ0) is 20.0. The van der Waals surface area contributed by atoms with Crippen LogP contribution in [-0.2, 0) is 0 Å². The molecule has 0 saturated carbocycles. The number of hydrogen-bond acceptors (Lipinski definition) is 1. The van der Waals surface area contributed by atoms with Gasteiger partial charge in [0.25, 0.3) is 0 Å². The summed E-state index contributed by atoms with van der Waals surface area (Å²) in [5, 5.41) is 14.9. The first-order valence-corrected chi connectivity index (χ1v) is 10.5. The Balaban J connectivity index is 1.85. The molecule has 142 valence electrons. The molecule has 1 atom stereocenters. The van der Waals surface area contributed by atoms with E-state index in [-0.39, 0.29) is 11.7 Å². The summed E-state index contributed by atoms with van der Waals surface area (Å²) in [6, 6.07) is 26.0. The highest BCUT2D eigenvalue weighted by Gasteiger charge is 2.25. The van der Waals surface area contributed by atoms with Gasteiger partial charge in [-0.3, -0.25) is 0 Å². The number of rotatable bonds is 3. The molecule has 0 radical (unpaired) electrons. The fourth-order valence-electron chi connectivity index (χ4n) is 4.11. The average Bonchev–Trinajstić information content (AvgIpc) is 3.15. The fraction of sp³-hybridized carbons (Fsp3) is 0.0400. The Kier molecular flexibility index (Phi) is 4.57. The third-order valence-electron chi connectivity index (χ3n) is 5.42. The van der Waals surface area contributed by atoms with Crippen molar-refractivity contribution in [3.63, 3.8) is 0 Å². The van der Waals surface area contributed by atoms with Crippen LogP contribution in [0.2, 0.25) is 5.02 Å². The summed E-state index contributed by atoms with van der Waals surface area (Å²) in [6.07, 6.45) is 2.04. The summed E-state index contributed by atoms with van der Waals surface area (Å²) < 4.78 is 1.01. The highest BCUT2D eigenvalue weighted by molar-refractivity contribution is 9.10. The van der Waals surface area contributed by atoms with Gasteiger partial charge in [-0.15, -0.1) is 0 Å². The zero-order valence-corrected chi connectivity index (χ0v) is 17.7. The quantitative estimate of drug-likeness (QED) is 0.284. The number of aromatic hydroxyl groups is 1. The number of fused-ring (bicyclic) bond motifs is 2. The second-order valence-electron chi connectivity index (χ2n) is 7.14. The molecule has 0 aliphatic heterocycles. The van der Waals surface area contributed by atoms with Crippen LogP contribution in [0, 0.1) is 0 Å². The Bertz CT molecular complexity index is 1340. The van der Waals surface area contributed by atoms with Gasteiger partial charge < -0.3 is 10.1 Å². The smallest absolute Gasteiger partial charge is 0.120 e. The van der Waals surface area contributed by atoms with Crippen molar-refractivity contribution in [2.24, 2.45) is 0 Å². The first-order chi connectivity index (χ1) is 14.1. The summed E-state index contributed by atoms with van der Waals surface area (Å²) in [4.78, 5) is 3.38. The van der Waals surface area contributed by atoms with Crippen LogP contribution in [0.15, 0.2) is 89.5 Å². The molecule has 4 aromatic carbocycles. The number of benzene rings is 4. The molecule has 0 bridgehead atoms. The third kappa shape index (κ3) is 3.21. The number of nitrogens with one attached hydrogen (secondary N) is 1. The second-order valence-corrected chi connectivity index (χ2v) is 8.49. The molecule has 0 amide bonds. The standard InChI is InChI=1S/C25H17BrClNO/c26-17-8-11-19-16(13-17)7-12-23(29)25(19)24(15-5-9-18(27)10-6-15)21-14-28-22-4-2-1-3-20(21)22/h1-14,24,28-29H. The maximum atomic E-state index is 11.0. The minimum Gasteiger partial charge on any atom is -0.508 e. The molecule has 0 saturated heterocycles. The molecule has 5 rings (SSSR count). The van der Waals surface area contributed by atoms with Crippen molar-refractivity contribution in [2.75, 3.05) is 0 Å². The molecule has 1 aromatic heterocycles. The number of aromatic nitrogens is 1. The minimum atomic E-state index is -0.145. The van der Waals surface area contributed by atoms with Gasteiger partial charge in [-0.25, -0.2) is 0 Å². The molecular weight excluding hydrogens is 446 g/mol. The molecule has 1 unspecified atom stereocenters. The lowest BCUT2D eigenvalue weighted by Gasteiger charge is -2.21. The van der Waals surface area contributed by atoms with E-state index < -0.39 is 0 Å². The molecule has 4 heteroatoms. The number of para-hydroxylation sites is 1. The van der Waals surface area contributed by atoms with Crippen molar-refractivity contribution in [1.29, 1.82) is 0 Å².